The molecule has 1 saturated heterocycles. The number of carbonyl (C=O) groups excluding carboxylic acids is 1. The van der Waals surface area contributed by atoms with Crippen LogP contribution in [0.5, 0.6) is 0 Å². The number of amides is 1. The molecule has 21 heavy (non-hydrogen) atoms. The molecule has 1 aliphatic heterocycles. The van der Waals surface area contributed by atoms with Crippen LogP contribution in [0, 0.1) is 13.8 Å². The summed E-state index contributed by atoms with van der Waals surface area (Å²) in [5, 5.41) is 2.18. The summed E-state index contributed by atoms with van der Waals surface area (Å²) in [6, 6.07) is 5.58. The van der Waals surface area contributed by atoms with E-state index in [-0.39, 0.29) is 23.2 Å². The van der Waals surface area contributed by atoms with Crippen LogP contribution in [0.3, 0.4) is 0 Å². The normalized spacial score (nSPS) is 24.0. The second kappa shape index (κ2) is 6.58. The third-order valence-corrected chi connectivity index (χ3v) is 6.87. The summed E-state index contributed by atoms with van der Waals surface area (Å²) >= 11 is 7.41. The van der Waals surface area contributed by atoms with Crippen molar-refractivity contribution in [1.82, 2.24) is 5.32 Å². The van der Waals surface area contributed by atoms with Gasteiger partial charge in [0.05, 0.1) is 28.7 Å². The first-order chi connectivity index (χ1) is 9.77. The average Bonchev–Trinajstić information content (AvgIpc) is 2.61. The molecule has 0 aliphatic carbocycles. The topological polar surface area (TPSA) is 63.2 Å². The van der Waals surface area contributed by atoms with Crippen molar-refractivity contribution in [3.8, 4) is 0 Å². The van der Waals surface area contributed by atoms with Gasteiger partial charge in [-0.05, 0) is 25.5 Å². The van der Waals surface area contributed by atoms with E-state index in [4.69, 9.17) is 11.6 Å². The van der Waals surface area contributed by atoms with Crippen molar-refractivity contribution >= 4 is 39.1 Å². The van der Waals surface area contributed by atoms with E-state index < -0.39 is 21.3 Å². The number of thioether (sulfide) groups is 1. The van der Waals surface area contributed by atoms with Crippen LogP contribution in [0.4, 0.5) is 0 Å². The maximum atomic E-state index is 11.9. The van der Waals surface area contributed by atoms with E-state index in [0.717, 1.165) is 10.5 Å². The highest BCUT2D eigenvalue weighted by Crippen LogP contribution is 2.23. The molecule has 116 valence electrons. The summed E-state index contributed by atoms with van der Waals surface area (Å²) in [7, 11) is -3.12. The third kappa shape index (κ3) is 4.63. The molecule has 1 aliphatic rings. The van der Waals surface area contributed by atoms with Gasteiger partial charge in [-0.3, -0.25) is 4.79 Å². The highest BCUT2D eigenvalue weighted by Gasteiger charge is 2.37. The smallest absolute Gasteiger partial charge is 0.230 e. The number of aryl methyl sites for hydroxylation is 2. The lowest BCUT2D eigenvalue weighted by Crippen LogP contribution is -2.41. The van der Waals surface area contributed by atoms with Crippen LogP contribution >= 0.6 is 23.4 Å². The van der Waals surface area contributed by atoms with Gasteiger partial charge in [0.2, 0.25) is 5.91 Å². The summed E-state index contributed by atoms with van der Waals surface area (Å²) in [5.74, 6) is -0.0673. The number of hydrogen-bond donors (Lipinski definition) is 1. The molecule has 0 spiro atoms. The molecular formula is C14H18ClNO3S2. The molecule has 1 amide bonds. The summed E-state index contributed by atoms with van der Waals surface area (Å²) in [6.07, 6.45) is 0. The lowest BCUT2D eigenvalue weighted by Gasteiger charge is -2.14. The van der Waals surface area contributed by atoms with Crippen molar-refractivity contribution < 1.29 is 13.2 Å². The van der Waals surface area contributed by atoms with Gasteiger partial charge in [0, 0.05) is 4.90 Å². The van der Waals surface area contributed by atoms with Crippen molar-refractivity contribution in [2.45, 2.75) is 30.2 Å². The Labute approximate surface area is 134 Å². The Hall–Kier alpha value is -0.720. The Morgan fingerprint density at radius 3 is 2.67 bits per heavy atom. The molecule has 0 unspecified atom stereocenters. The van der Waals surface area contributed by atoms with E-state index in [1.807, 2.05) is 26.0 Å². The van der Waals surface area contributed by atoms with Crippen molar-refractivity contribution in [2.75, 3.05) is 17.3 Å². The minimum atomic E-state index is -3.12. The molecule has 2 rings (SSSR count). The van der Waals surface area contributed by atoms with Crippen LogP contribution in [0.25, 0.3) is 0 Å². The largest absolute Gasteiger partial charge is 0.350 e. The second-order valence-electron chi connectivity index (χ2n) is 5.32. The molecule has 0 saturated carbocycles. The van der Waals surface area contributed by atoms with Crippen LogP contribution in [0.2, 0.25) is 0 Å². The van der Waals surface area contributed by atoms with Gasteiger partial charge in [0.15, 0.2) is 9.84 Å². The Bertz CT molecular complexity index is 646. The number of hydrogen-bond acceptors (Lipinski definition) is 4. The molecular weight excluding hydrogens is 330 g/mol. The van der Waals surface area contributed by atoms with Gasteiger partial charge in [-0.15, -0.1) is 23.4 Å². The fourth-order valence-corrected chi connectivity index (χ4v) is 5.66. The molecule has 7 heteroatoms. The maximum absolute atomic E-state index is 11.9. The van der Waals surface area contributed by atoms with Gasteiger partial charge in [-0.2, -0.15) is 0 Å². The number of halogens is 1. The Morgan fingerprint density at radius 1 is 1.38 bits per heavy atom. The van der Waals surface area contributed by atoms with Gasteiger partial charge in [0.1, 0.15) is 0 Å². The van der Waals surface area contributed by atoms with Gasteiger partial charge < -0.3 is 5.32 Å². The summed E-state index contributed by atoms with van der Waals surface area (Å²) in [5.41, 5.74) is 2.31. The molecule has 4 nitrogen and oxygen atoms in total. The molecule has 0 bridgehead atoms. The van der Waals surface area contributed by atoms with E-state index >= 15 is 0 Å². The Balaban J connectivity index is 1.88. The summed E-state index contributed by atoms with van der Waals surface area (Å²) in [6.45, 7) is 4.03. The van der Waals surface area contributed by atoms with Crippen LogP contribution in [0.1, 0.15) is 11.1 Å². The molecule has 1 heterocycles. The molecule has 1 fully saturated rings. The fraction of sp³-hybridized carbons (Fsp3) is 0.500. The number of sulfone groups is 1. The average molecular weight is 348 g/mol. The molecule has 0 radical (unpaired) electrons. The first-order valence-corrected chi connectivity index (χ1v) is 9.85. The zero-order chi connectivity index (χ0) is 15.6. The third-order valence-electron chi connectivity index (χ3n) is 3.32. The quantitative estimate of drug-likeness (QED) is 0.667. The molecule has 0 aromatic heterocycles. The monoisotopic (exact) mass is 347 g/mol. The highest BCUT2D eigenvalue weighted by atomic mass is 35.5. The van der Waals surface area contributed by atoms with Crippen molar-refractivity contribution in [3.05, 3.63) is 29.3 Å². The van der Waals surface area contributed by atoms with E-state index in [0.29, 0.717) is 0 Å². The minimum absolute atomic E-state index is 0.0658. The standard InChI is InChI=1S/C14H18ClNO3S2/c1-9-3-4-13(10(2)5-9)20-6-14(17)16-12-8-21(18,19)7-11(12)15/h3-5,11-12H,6-8H2,1-2H3,(H,16,17)/t11-,12-/m0/s1. The first-order valence-electron chi connectivity index (χ1n) is 6.61. The van der Waals surface area contributed by atoms with Crippen LogP contribution < -0.4 is 5.32 Å². The highest BCUT2D eigenvalue weighted by molar-refractivity contribution is 8.00. The zero-order valence-electron chi connectivity index (χ0n) is 11.9. The predicted molar refractivity (Wildman–Crippen MR) is 86.9 cm³/mol. The maximum Gasteiger partial charge on any atom is 0.230 e. The van der Waals surface area contributed by atoms with Crippen LogP contribution in [-0.2, 0) is 14.6 Å². The van der Waals surface area contributed by atoms with E-state index in [1.54, 1.807) is 0 Å². The Kier molecular flexibility index (Phi) is 5.22. The predicted octanol–water partition coefficient (Wildman–Crippen LogP) is 1.92. The van der Waals surface area contributed by atoms with Crippen LogP contribution in [-0.4, -0.2) is 43.0 Å². The second-order valence-corrected chi connectivity index (χ2v) is 9.06. The molecule has 2 atom stereocenters. The number of rotatable bonds is 4. The lowest BCUT2D eigenvalue weighted by atomic mass is 10.2. The minimum Gasteiger partial charge on any atom is -0.350 e. The summed E-state index contributed by atoms with van der Waals surface area (Å²) < 4.78 is 22.9. The van der Waals surface area contributed by atoms with E-state index in [1.165, 1.54) is 17.3 Å². The molecule has 1 N–H and O–H groups in total. The van der Waals surface area contributed by atoms with E-state index in [2.05, 4.69) is 11.4 Å². The molecule has 1 aromatic rings. The van der Waals surface area contributed by atoms with Gasteiger partial charge in [-0.1, -0.05) is 17.7 Å². The van der Waals surface area contributed by atoms with Gasteiger partial charge in [0.25, 0.3) is 0 Å². The van der Waals surface area contributed by atoms with Gasteiger partial charge >= 0.3 is 0 Å². The number of alkyl halides is 1. The van der Waals surface area contributed by atoms with Gasteiger partial charge in [-0.25, -0.2) is 8.42 Å². The lowest BCUT2D eigenvalue weighted by molar-refractivity contribution is -0.119. The van der Waals surface area contributed by atoms with Crippen molar-refractivity contribution in [1.29, 1.82) is 0 Å². The first kappa shape index (κ1) is 16.6. The number of benzene rings is 1. The zero-order valence-corrected chi connectivity index (χ0v) is 14.3. The Morgan fingerprint density at radius 2 is 2.10 bits per heavy atom. The molecule has 1 aromatic carbocycles. The number of nitrogens with one attached hydrogen (secondary N) is 1. The summed E-state index contributed by atoms with van der Waals surface area (Å²) in [4.78, 5) is 13.0. The van der Waals surface area contributed by atoms with Crippen molar-refractivity contribution in [3.63, 3.8) is 0 Å². The van der Waals surface area contributed by atoms with E-state index in [9.17, 15) is 13.2 Å². The SMILES string of the molecule is Cc1ccc(SCC(=O)N[C@H]2CS(=O)(=O)C[C@@H]2Cl)c(C)c1. The number of carbonyl (C=O) groups is 1. The van der Waals surface area contributed by atoms with Crippen molar-refractivity contribution in [2.24, 2.45) is 0 Å². The van der Waals surface area contributed by atoms with Crippen LogP contribution in [0.15, 0.2) is 23.1 Å². The fourth-order valence-electron chi connectivity index (χ4n) is 2.29.